The highest BCUT2D eigenvalue weighted by Gasteiger charge is 2.16. The number of benzene rings is 1. The number of anilines is 1. The number of ether oxygens (including phenoxy) is 2. The molecule has 1 aliphatic rings. The fourth-order valence-electron chi connectivity index (χ4n) is 2.68. The van der Waals surface area contributed by atoms with E-state index in [0.717, 1.165) is 11.3 Å². The first kappa shape index (κ1) is 16.8. The summed E-state index contributed by atoms with van der Waals surface area (Å²) in [4.78, 5) is 24.8. The van der Waals surface area contributed by atoms with Gasteiger partial charge in [0.1, 0.15) is 12.1 Å². The van der Waals surface area contributed by atoms with Crippen LogP contribution in [-0.4, -0.2) is 38.8 Å². The van der Waals surface area contributed by atoms with E-state index < -0.39 is 0 Å². The maximum Gasteiger partial charge on any atom is 0.239 e. The molecule has 1 aliphatic heterocycles. The Kier molecular flexibility index (Phi) is 4.56. The van der Waals surface area contributed by atoms with Gasteiger partial charge in [-0.2, -0.15) is 4.98 Å². The largest absolute Gasteiger partial charge is 0.454 e. The maximum absolute atomic E-state index is 12.3. The van der Waals surface area contributed by atoms with Gasteiger partial charge in [0, 0.05) is 18.6 Å². The number of hydrogen-bond donors (Lipinski definition) is 2. The average Bonchev–Trinajstić information content (AvgIpc) is 3.37. The number of carbonyl (C=O) groups excluding carboxylic acids is 1. The molecule has 0 bridgehead atoms. The molecule has 1 atom stereocenters. The van der Waals surface area contributed by atoms with Crippen LogP contribution < -0.4 is 20.1 Å². The summed E-state index contributed by atoms with van der Waals surface area (Å²) in [5, 5.41) is 5.95. The highest BCUT2D eigenvalue weighted by molar-refractivity contribution is 5.80. The fourth-order valence-corrected chi connectivity index (χ4v) is 2.68. The molecule has 3 aromatic rings. The second kappa shape index (κ2) is 7.32. The van der Waals surface area contributed by atoms with E-state index in [1.807, 2.05) is 25.1 Å². The monoisotopic (exact) mass is 366 g/mol. The summed E-state index contributed by atoms with van der Waals surface area (Å²) in [5.41, 5.74) is 0.942. The van der Waals surface area contributed by atoms with Gasteiger partial charge in [0.05, 0.1) is 12.6 Å². The summed E-state index contributed by atoms with van der Waals surface area (Å²) < 4.78 is 12.4. The molecule has 0 saturated heterocycles. The maximum atomic E-state index is 12.3. The standard InChI is InChI=1S/C18H18N6O3/c1-12(13-2-3-14-15(8-13)27-11-26-14)22-17(25)9-21-16-4-5-20-18(23-16)24-7-6-19-10-24/h2-8,10,12H,9,11H2,1H3,(H,22,25)(H,20,21,23). The van der Waals surface area contributed by atoms with Crippen molar-refractivity contribution in [2.24, 2.45) is 0 Å². The van der Waals surface area contributed by atoms with Crippen molar-refractivity contribution in [2.75, 3.05) is 18.7 Å². The van der Waals surface area contributed by atoms with Gasteiger partial charge in [-0.1, -0.05) is 6.07 Å². The Morgan fingerprint density at radius 3 is 3.00 bits per heavy atom. The van der Waals surface area contributed by atoms with Crippen molar-refractivity contribution in [1.29, 1.82) is 0 Å². The number of hydrogen-bond acceptors (Lipinski definition) is 7. The quantitative estimate of drug-likeness (QED) is 0.684. The zero-order valence-corrected chi connectivity index (χ0v) is 14.6. The third-order valence-electron chi connectivity index (χ3n) is 4.08. The first-order valence-corrected chi connectivity index (χ1v) is 8.43. The first-order chi connectivity index (χ1) is 13.2. The number of aromatic nitrogens is 4. The second-order valence-electron chi connectivity index (χ2n) is 5.97. The molecule has 2 N–H and O–H groups in total. The second-order valence-corrected chi connectivity index (χ2v) is 5.97. The molecule has 3 heterocycles. The third-order valence-corrected chi connectivity index (χ3v) is 4.08. The Balaban J connectivity index is 1.34. The third kappa shape index (κ3) is 3.81. The van der Waals surface area contributed by atoms with Crippen LogP contribution in [0.3, 0.4) is 0 Å². The summed E-state index contributed by atoms with van der Waals surface area (Å²) in [6.45, 7) is 2.23. The Morgan fingerprint density at radius 1 is 1.26 bits per heavy atom. The lowest BCUT2D eigenvalue weighted by Crippen LogP contribution is -2.32. The lowest BCUT2D eigenvalue weighted by atomic mass is 10.1. The first-order valence-electron chi connectivity index (χ1n) is 8.43. The average molecular weight is 366 g/mol. The number of carbonyl (C=O) groups is 1. The molecule has 0 radical (unpaired) electrons. The minimum Gasteiger partial charge on any atom is -0.454 e. The smallest absolute Gasteiger partial charge is 0.239 e. The van der Waals surface area contributed by atoms with Crippen molar-refractivity contribution < 1.29 is 14.3 Å². The van der Waals surface area contributed by atoms with Crippen LogP contribution in [0.15, 0.2) is 49.2 Å². The minimum atomic E-state index is -0.166. The van der Waals surface area contributed by atoms with Crippen molar-refractivity contribution in [3.05, 3.63) is 54.7 Å². The molecule has 27 heavy (non-hydrogen) atoms. The van der Waals surface area contributed by atoms with Crippen LogP contribution in [0.2, 0.25) is 0 Å². The fraction of sp³-hybridized carbons (Fsp3) is 0.222. The van der Waals surface area contributed by atoms with Gasteiger partial charge in [-0.25, -0.2) is 9.97 Å². The molecule has 0 fully saturated rings. The van der Waals surface area contributed by atoms with Gasteiger partial charge in [0.15, 0.2) is 11.5 Å². The van der Waals surface area contributed by atoms with E-state index in [0.29, 0.717) is 17.5 Å². The zero-order valence-electron chi connectivity index (χ0n) is 14.6. The van der Waals surface area contributed by atoms with Crippen LogP contribution >= 0.6 is 0 Å². The van der Waals surface area contributed by atoms with Crippen LogP contribution in [0, 0.1) is 0 Å². The topological polar surface area (TPSA) is 103 Å². The molecule has 1 amide bonds. The molecule has 4 rings (SSSR count). The normalized spacial score (nSPS) is 13.2. The van der Waals surface area contributed by atoms with Gasteiger partial charge in [-0.05, 0) is 30.7 Å². The molecule has 2 aromatic heterocycles. The Bertz CT molecular complexity index is 944. The van der Waals surface area contributed by atoms with Gasteiger partial charge in [0.2, 0.25) is 18.6 Å². The van der Waals surface area contributed by atoms with E-state index in [9.17, 15) is 4.79 Å². The summed E-state index contributed by atoms with van der Waals surface area (Å²) in [7, 11) is 0. The van der Waals surface area contributed by atoms with Crippen LogP contribution in [0.4, 0.5) is 5.82 Å². The predicted octanol–water partition coefficient (Wildman–Crippen LogP) is 1.68. The summed E-state index contributed by atoms with van der Waals surface area (Å²) in [6.07, 6.45) is 6.63. The molecule has 138 valence electrons. The summed E-state index contributed by atoms with van der Waals surface area (Å²) in [6, 6.07) is 7.17. The van der Waals surface area contributed by atoms with E-state index in [2.05, 4.69) is 25.6 Å². The highest BCUT2D eigenvalue weighted by Crippen LogP contribution is 2.34. The highest BCUT2D eigenvalue weighted by atomic mass is 16.7. The molecule has 1 aromatic carbocycles. The van der Waals surface area contributed by atoms with E-state index in [1.54, 1.807) is 35.6 Å². The van der Waals surface area contributed by atoms with E-state index in [-0.39, 0.29) is 25.3 Å². The summed E-state index contributed by atoms with van der Waals surface area (Å²) >= 11 is 0. The SMILES string of the molecule is CC(NC(=O)CNc1ccnc(-n2ccnc2)n1)c1ccc2c(c1)OCO2. The number of rotatable bonds is 6. The molecule has 9 heteroatoms. The van der Waals surface area contributed by atoms with Crippen molar-refractivity contribution in [3.8, 4) is 17.4 Å². The number of amides is 1. The number of nitrogens with one attached hydrogen (secondary N) is 2. The molecule has 0 spiro atoms. The Morgan fingerprint density at radius 2 is 2.15 bits per heavy atom. The van der Waals surface area contributed by atoms with Crippen LogP contribution in [0.5, 0.6) is 11.5 Å². The van der Waals surface area contributed by atoms with E-state index in [1.165, 1.54) is 0 Å². The number of imidazole rings is 1. The van der Waals surface area contributed by atoms with Crippen LogP contribution in [0.25, 0.3) is 5.95 Å². The Labute approximate surface area is 155 Å². The minimum absolute atomic E-state index is 0.0925. The van der Waals surface area contributed by atoms with Gasteiger partial charge in [0.25, 0.3) is 0 Å². The van der Waals surface area contributed by atoms with Crippen molar-refractivity contribution in [2.45, 2.75) is 13.0 Å². The molecular weight excluding hydrogens is 348 g/mol. The molecule has 1 unspecified atom stereocenters. The lowest BCUT2D eigenvalue weighted by Gasteiger charge is -2.15. The zero-order chi connectivity index (χ0) is 18.6. The van der Waals surface area contributed by atoms with Crippen molar-refractivity contribution in [3.63, 3.8) is 0 Å². The van der Waals surface area contributed by atoms with Gasteiger partial charge >= 0.3 is 0 Å². The summed E-state index contributed by atoms with van der Waals surface area (Å²) in [5.74, 6) is 2.30. The van der Waals surface area contributed by atoms with Gasteiger partial charge < -0.3 is 20.1 Å². The molecule has 9 nitrogen and oxygen atoms in total. The lowest BCUT2D eigenvalue weighted by molar-refractivity contribution is -0.120. The molecule has 0 saturated carbocycles. The van der Waals surface area contributed by atoms with Gasteiger partial charge in [-0.3, -0.25) is 9.36 Å². The molecule has 0 aliphatic carbocycles. The Hall–Kier alpha value is -3.62. The van der Waals surface area contributed by atoms with Gasteiger partial charge in [-0.15, -0.1) is 0 Å². The van der Waals surface area contributed by atoms with Crippen LogP contribution in [-0.2, 0) is 4.79 Å². The van der Waals surface area contributed by atoms with Crippen molar-refractivity contribution >= 4 is 11.7 Å². The van der Waals surface area contributed by atoms with E-state index >= 15 is 0 Å². The van der Waals surface area contributed by atoms with E-state index in [4.69, 9.17) is 9.47 Å². The van der Waals surface area contributed by atoms with Crippen molar-refractivity contribution in [1.82, 2.24) is 24.8 Å². The number of nitrogens with zero attached hydrogens (tertiary/aromatic N) is 4. The number of fused-ring (bicyclic) bond motifs is 1. The predicted molar refractivity (Wildman–Crippen MR) is 96.8 cm³/mol. The molecular formula is C18H18N6O3. The van der Waals surface area contributed by atoms with Crippen LogP contribution in [0.1, 0.15) is 18.5 Å².